The van der Waals surface area contributed by atoms with E-state index >= 15 is 0 Å². The first-order chi connectivity index (χ1) is 11.7. The van der Waals surface area contributed by atoms with E-state index in [0.717, 1.165) is 55.2 Å². The van der Waals surface area contributed by atoms with Crippen molar-refractivity contribution in [2.45, 2.75) is 32.6 Å². The minimum atomic E-state index is 0.187. The molecule has 0 radical (unpaired) electrons. The fraction of sp³-hybridized carbons (Fsp3) is 0.500. The molecule has 1 unspecified atom stereocenters. The van der Waals surface area contributed by atoms with Crippen LogP contribution in [0.4, 0.5) is 5.82 Å². The summed E-state index contributed by atoms with van der Waals surface area (Å²) in [4.78, 5) is 24.3. The molecule has 1 aliphatic heterocycles. The summed E-state index contributed by atoms with van der Waals surface area (Å²) in [5.41, 5.74) is 2.20. The third-order valence-electron chi connectivity index (χ3n) is 4.54. The molecule has 0 aliphatic carbocycles. The van der Waals surface area contributed by atoms with E-state index in [4.69, 9.17) is 0 Å². The normalized spacial score (nSPS) is 18.2. The number of nitrogens with zero attached hydrogens (tertiary/aromatic N) is 3. The van der Waals surface area contributed by atoms with Crippen LogP contribution in [0.3, 0.4) is 0 Å². The van der Waals surface area contributed by atoms with Crippen LogP contribution in [-0.2, 0) is 6.42 Å². The van der Waals surface area contributed by atoms with E-state index in [1.54, 1.807) is 17.5 Å². The van der Waals surface area contributed by atoms with Gasteiger partial charge in [-0.1, -0.05) is 0 Å². The fourth-order valence-corrected chi connectivity index (χ4v) is 4.02. The van der Waals surface area contributed by atoms with Crippen molar-refractivity contribution in [2.75, 3.05) is 25.5 Å². The predicted octanol–water partition coefficient (Wildman–Crippen LogP) is 3.37. The highest BCUT2D eigenvalue weighted by Gasteiger charge is 2.22. The van der Waals surface area contributed by atoms with Crippen molar-refractivity contribution in [1.82, 2.24) is 14.9 Å². The summed E-state index contributed by atoms with van der Waals surface area (Å²) in [6.45, 7) is 3.73. The first-order valence-electron chi connectivity index (χ1n) is 8.49. The number of nitrogens with one attached hydrogen (secondary N) is 1. The van der Waals surface area contributed by atoms with Gasteiger partial charge in [0.1, 0.15) is 5.82 Å². The largest absolute Gasteiger partial charge is 0.372 e. The first-order valence-corrected chi connectivity index (χ1v) is 9.36. The molecule has 1 aliphatic rings. The summed E-state index contributed by atoms with van der Waals surface area (Å²) in [5, 5.41) is 5.03. The van der Waals surface area contributed by atoms with E-state index in [-0.39, 0.29) is 5.91 Å². The number of aromatic nitrogens is 2. The number of aryl methyl sites for hydroxylation is 1. The third-order valence-corrected chi connectivity index (χ3v) is 5.57. The van der Waals surface area contributed by atoms with Crippen LogP contribution < -0.4 is 5.32 Å². The molecule has 1 saturated heterocycles. The average molecular weight is 344 g/mol. The summed E-state index contributed by atoms with van der Waals surface area (Å²) in [6, 6.07) is 1.99. The van der Waals surface area contributed by atoms with Crippen LogP contribution in [0.1, 0.15) is 40.2 Å². The molecule has 3 rings (SSSR count). The van der Waals surface area contributed by atoms with Crippen LogP contribution in [0.15, 0.2) is 23.8 Å². The van der Waals surface area contributed by atoms with Crippen molar-refractivity contribution in [3.63, 3.8) is 0 Å². The number of thiophene rings is 1. The number of amides is 1. The Labute approximate surface area is 147 Å². The standard InChI is InChI=1S/C18H24N4OS/c1-13-8-16(24-12-13)18(23)22-6-3-4-14(5-7-22)9-15-10-21-17(19-2)11-20-15/h8,10-12,14H,3-7,9H2,1-2H3,(H,19,21). The molecule has 5 nitrogen and oxygen atoms in total. The quantitative estimate of drug-likeness (QED) is 0.924. The second-order valence-electron chi connectivity index (χ2n) is 6.42. The summed E-state index contributed by atoms with van der Waals surface area (Å²) in [7, 11) is 1.84. The van der Waals surface area contributed by atoms with Gasteiger partial charge >= 0.3 is 0 Å². The first kappa shape index (κ1) is 16.9. The molecule has 0 saturated carbocycles. The van der Waals surface area contributed by atoms with Gasteiger partial charge in [-0.3, -0.25) is 9.78 Å². The Bertz CT molecular complexity index is 683. The van der Waals surface area contributed by atoms with E-state index in [2.05, 4.69) is 15.3 Å². The molecule has 1 fully saturated rings. The highest BCUT2D eigenvalue weighted by molar-refractivity contribution is 7.12. The summed E-state index contributed by atoms with van der Waals surface area (Å²) in [5.74, 6) is 1.55. The van der Waals surface area contributed by atoms with Gasteiger partial charge in [0.25, 0.3) is 5.91 Å². The highest BCUT2D eigenvalue weighted by atomic mass is 32.1. The Hall–Kier alpha value is -1.95. The molecule has 0 bridgehead atoms. The SMILES string of the molecule is CNc1cnc(CC2CCCN(C(=O)c3cc(C)cs3)CC2)cn1. The highest BCUT2D eigenvalue weighted by Crippen LogP contribution is 2.23. The minimum absolute atomic E-state index is 0.187. The lowest BCUT2D eigenvalue weighted by Gasteiger charge is -2.19. The van der Waals surface area contributed by atoms with Gasteiger partial charge in [-0.05, 0) is 55.5 Å². The van der Waals surface area contributed by atoms with E-state index in [9.17, 15) is 4.79 Å². The molecule has 1 N–H and O–H groups in total. The van der Waals surface area contributed by atoms with Crippen LogP contribution >= 0.6 is 11.3 Å². The lowest BCUT2D eigenvalue weighted by atomic mass is 9.95. The van der Waals surface area contributed by atoms with Gasteiger partial charge in [0.05, 0.1) is 23.0 Å². The number of carbonyl (C=O) groups is 1. The second kappa shape index (κ2) is 7.75. The van der Waals surface area contributed by atoms with Gasteiger partial charge in [-0.2, -0.15) is 0 Å². The van der Waals surface area contributed by atoms with Gasteiger partial charge in [0.15, 0.2) is 0 Å². The molecule has 0 aromatic carbocycles. The lowest BCUT2D eigenvalue weighted by molar-refractivity contribution is 0.0765. The monoisotopic (exact) mass is 344 g/mol. The van der Waals surface area contributed by atoms with E-state index < -0.39 is 0 Å². The van der Waals surface area contributed by atoms with Gasteiger partial charge in [-0.25, -0.2) is 4.98 Å². The molecular weight excluding hydrogens is 320 g/mol. The third kappa shape index (κ3) is 4.12. The zero-order valence-corrected chi connectivity index (χ0v) is 15.1. The molecule has 6 heteroatoms. The zero-order chi connectivity index (χ0) is 16.9. The van der Waals surface area contributed by atoms with Gasteiger partial charge < -0.3 is 10.2 Å². The van der Waals surface area contributed by atoms with E-state index in [1.807, 2.05) is 36.5 Å². The van der Waals surface area contributed by atoms with E-state index in [1.165, 1.54) is 5.56 Å². The predicted molar refractivity (Wildman–Crippen MR) is 97.6 cm³/mol. The molecule has 0 spiro atoms. The lowest BCUT2D eigenvalue weighted by Crippen LogP contribution is -2.31. The average Bonchev–Trinajstić information content (AvgIpc) is 2.90. The molecule has 24 heavy (non-hydrogen) atoms. The maximum atomic E-state index is 12.6. The molecule has 1 amide bonds. The van der Waals surface area contributed by atoms with Crippen molar-refractivity contribution in [1.29, 1.82) is 0 Å². The molecule has 2 aromatic heterocycles. The van der Waals surface area contributed by atoms with Crippen molar-refractivity contribution in [2.24, 2.45) is 5.92 Å². The van der Waals surface area contributed by atoms with Crippen LogP contribution in [0.2, 0.25) is 0 Å². The minimum Gasteiger partial charge on any atom is -0.372 e. The molecular formula is C18H24N4OS. The maximum absolute atomic E-state index is 12.6. The van der Waals surface area contributed by atoms with Crippen LogP contribution in [0.5, 0.6) is 0 Å². The molecule has 3 heterocycles. The molecule has 1 atom stereocenters. The Morgan fingerprint density at radius 1 is 1.33 bits per heavy atom. The number of likely N-dealkylation sites (tertiary alicyclic amines) is 1. The second-order valence-corrected chi connectivity index (χ2v) is 7.34. The topological polar surface area (TPSA) is 58.1 Å². The Morgan fingerprint density at radius 2 is 2.21 bits per heavy atom. The number of anilines is 1. The summed E-state index contributed by atoms with van der Waals surface area (Å²) < 4.78 is 0. The Kier molecular flexibility index (Phi) is 5.45. The van der Waals surface area contributed by atoms with Gasteiger partial charge in [0.2, 0.25) is 0 Å². The Morgan fingerprint density at radius 3 is 2.88 bits per heavy atom. The smallest absolute Gasteiger partial charge is 0.263 e. The van der Waals surface area contributed by atoms with Gasteiger partial charge in [-0.15, -0.1) is 11.3 Å². The molecule has 2 aromatic rings. The van der Waals surface area contributed by atoms with Gasteiger partial charge in [0, 0.05) is 20.1 Å². The zero-order valence-electron chi connectivity index (χ0n) is 14.3. The maximum Gasteiger partial charge on any atom is 0.263 e. The van der Waals surface area contributed by atoms with Crippen LogP contribution in [0.25, 0.3) is 0 Å². The van der Waals surface area contributed by atoms with Crippen molar-refractivity contribution in [3.8, 4) is 0 Å². The Balaban J connectivity index is 1.57. The van der Waals surface area contributed by atoms with E-state index in [0.29, 0.717) is 5.92 Å². The fourth-order valence-electron chi connectivity index (χ4n) is 3.16. The van der Waals surface area contributed by atoms with Crippen LogP contribution in [0, 0.1) is 12.8 Å². The van der Waals surface area contributed by atoms with Crippen molar-refractivity contribution >= 4 is 23.1 Å². The van der Waals surface area contributed by atoms with Crippen LogP contribution in [-0.4, -0.2) is 40.9 Å². The summed E-state index contributed by atoms with van der Waals surface area (Å²) in [6.07, 6.45) is 7.81. The number of hydrogen-bond acceptors (Lipinski definition) is 5. The van der Waals surface area contributed by atoms with Crippen molar-refractivity contribution in [3.05, 3.63) is 40.0 Å². The number of carbonyl (C=O) groups excluding carboxylic acids is 1. The number of hydrogen-bond donors (Lipinski definition) is 1. The van der Waals surface area contributed by atoms with Crippen molar-refractivity contribution < 1.29 is 4.79 Å². The summed E-state index contributed by atoms with van der Waals surface area (Å²) >= 11 is 1.55. The molecule has 128 valence electrons. The number of rotatable bonds is 4.